The maximum atomic E-state index is 14.8. The lowest BCUT2D eigenvalue weighted by Crippen LogP contribution is -2.05. The summed E-state index contributed by atoms with van der Waals surface area (Å²) in [5, 5.41) is 20.9. The van der Waals surface area contributed by atoms with Crippen LogP contribution in [0.1, 0.15) is 0 Å². The van der Waals surface area contributed by atoms with Crippen molar-refractivity contribution in [3.05, 3.63) is 76.7 Å². The Hall–Kier alpha value is -4.61. The van der Waals surface area contributed by atoms with E-state index in [9.17, 15) is 18.9 Å². The third-order valence-electron chi connectivity index (χ3n) is 4.63. The molecule has 2 aromatic carbocycles. The number of nitrogens with one attached hydrogen (secondary N) is 2. The SMILES string of the molecule is COc1cccc(F)c1-c1cnc(Nc2cnn(C)c2)nc1Nc1cc([N+](=O)[O-])ccc1F. The van der Waals surface area contributed by atoms with Gasteiger partial charge in [-0.25, -0.2) is 13.8 Å². The lowest BCUT2D eigenvalue weighted by molar-refractivity contribution is -0.384. The second-order valence-electron chi connectivity index (χ2n) is 6.85. The van der Waals surface area contributed by atoms with Crippen LogP contribution in [-0.2, 0) is 7.05 Å². The highest BCUT2D eigenvalue weighted by molar-refractivity contribution is 5.83. The number of nitro benzene ring substituents is 1. The second kappa shape index (κ2) is 8.86. The van der Waals surface area contributed by atoms with Gasteiger partial charge in [-0.2, -0.15) is 10.1 Å². The molecule has 4 aromatic rings. The minimum absolute atomic E-state index is 0.000752. The van der Waals surface area contributed by atoms with Crippen LogP contribution in [0.5, 0.6) is 5.75 Å². The molecule has 2 N–H and O–H groups in total. The molecule has 168 valence electrons. The van der Waals surface area contributed by atoms with Crippen molar-refractivity contribution in [2.45, 2.75) is 0 Å². The van der Waals surface area contributed by atoms with E-state index in [0.29, 0.717) is 5.69 Å². The average Bonchev–Trinajstić information content (AvgIpc) is 3.20. The number of nitrogens with zero attached hydrogens (tertiary/aromatic N) is 5. The largest absolute Gasteiger partial charge is 0.496 e. The van der Waals surface area contributed by atoms with Crippen molar-refractivity contribution < 1.29 is 18.4 Å². The smallest absolute Gasteiger partial charge is 0.271 e. The number of ether oxygens (including phenoxy) is 1. The number of anilines is 4. The average molecular weight is 453 g/mol. The van der Waals surface area contributed by atoms with Crippen molar-refractivity contribution in [3.8, 4) is 16.9 Å². The summed E-state index contributed by atoms with van der Waals surface area (Å²) in [6.45, 7) is 0. The first-order valence-corrected chi connectivity index (χ1v) is 9.52. The molecule has 0 bridgehead atoms. The molecule has 0 atom stereocenters. The van der Waals surface area contributed by atoms with E-state index in [1.165, 1.54) is 25.4 Å². The maximum absolute atomic E-state index is 14.8. The third kappa shape index (κ3) is 4.54. The van der Waals surface area contributed by atoms with Gasteiger partial charge < -0.3 is 15.4 Å². The van der Waals surface area contributed by atoms with Crippen molar-refractivity contribution in [1.82, 2.24) is 19.7 Å². The molecule has 0 spiro atoms. The van der Waals surface area contributed by atoms with Crippen molar-refractivity contribution >= 4 is 28.8 Å². The van der Waals surface area contributed by atoms with E-state index in [1.54, 1.807) is 30.2 Å². The van der Waals surface area contributed by atoms with Crippen LogP contribution >= 0.6 is 0 Å². The van der Waals surface area contributed by atoms with Crippen LogP contribution in [0.4, 0.5) is 37.6 Å². The molecular weight excluding hydrogens is 436 g/mol. The Morgan fingerprint density at radius 2 is 1.94 bits per heavy atom. The quantitative estimate of drug-likeness (QED) is 0.309. The molecule has 0 aliphatic carbocycles. The van der Waals surface area contributed by atoms with Gasteiger partial charge >= 0.3 is 0 Å². The monoisotopic (exact) mass is 453 g/mol. The molecule has 10 nitrogen and oxygen atoms in total. The van der Waals surface area contributed by atoms with E-state index in [2.05, 4.69) is 25.7 Å². The topological polar surface area (TPSA) is 120 Å². The van der Waals surface area contributed by atoms with Crippen LogP contribution in [0.2, 0.25) is 0 Å². The number of halogens is 2. The fraction of sp³-hybridized carbons (Fsp3) is 0.0952. The van der Waals surface area contributed by atoms with Crippen LogP contribution in [0.25, 0.3) is 11.1 Å². The summed E-state index contributed by atoms with van der Waals surface area (Å²) in [6.07, 6.45) is 4.57. The van der Waals surface area contributed by atoms with Crippen LogP contribution in [-0.4, -0.2) is 31.8 Å². The summed E-state index contributed by atoms with van der Waals surface area (Å²) in [7, 11) is 3.11. The number of rotatable bonds is 7. The highest BCUT2D eigenvalue weighted by atomic mass is 19.1. The van der Waals surface area contributed by atoms with Crippen LogP contribution in [0, 0.1) is 21.7 Å². The molecule has 2 heterocycles. The molecule has 2 aromatic heterocycles. The first-order valence-electron chi connectivity index (χ1n) is 9.52. The fourth-order valence-electron chi connectivity index (χ4n) is 3.12. The molecule has 0 aliphatic rings. The standard InChI is InChI=1S/C21H17F2N7O3/c1-29-11-12(9-25-29)26-21-24-10-14(19-16(23)4-3-5-18(19)33-2)20(28-21)27-17-8-13(30(31)32)6-7-15(17)22/h3-11H,1-2H3,(H2,24,26,27,28). The molecule has 0 aliphatic heterocycles. The van der Waals surface area contributed by atoms with E-state index in [4.69, 9.17) is 4.74 Å². The molecule has 0 fully saturated rings. The lowest BCUT2D eigenvalue weighted by atomic mass is 10.1. The fourth-order valence-corrected chi connectivity index (χ4v) is 3.12. The Balaban J connectivity index is 1.84. The molecule has 0 amide bonds. The molecule has 4 rings (SSSR count). The van der Waals surface area contributed by atoms with Gasteiger partial charge in [0.2, 0.25) is 5.95 Å². The van der Waals surface area contributed by atoms with Gasteiger partial charge in [0.05, 0.1) is 35.2 Å². The molecule has 0 radical (unpaired) electrons. The predicted octanol–water partition coefficient (Wildman–Crippen LogP) is 4.56. The molecular formula is C21H17F2N7O3. The van der Waals surface area contributed by atoms with E-state index in [0.717, 1.165) is 18.2 Å². The maximum Gasteiger partial charge on any atom is 0.271 e. The second-order valence-corrected chi connectivity index (χ2v) is 6.85. The number of hydrogen-bond donors (Lipinski definition) is 2. The van der Waals surface area contributed by atoms with Gasteiger partial charge in [-0.3, -0.25) is 14.8 Å². The van der Waals surface area contributed by atoms with Crippen molar-refractivity contribution in [3.63, 3.8) is 0 Å². The molecule has 0 saturated heterocycles. The van der Waals surface area contributed by atoms with Crippen molar-refractivity contribution in [1.29, 1.82) is 0 Å². The zero-order valence-corrected chi connectivity index (χ0v) is 17.4. The zero-order chi connectivity index (χ0) is 23.5. The number of nitro groups is 1. The zero-order valence-electron chi connectivity index (χ0n) is 17.4. The minimum Gasteiger partial charge on any atom is -0.496 e. The Morgan fingerprint density at radius 1 is 1.12 bits per heavy atom. The predicted molar refractivity (Wildman–Crippen MR) is 117 cm³/mol. The Bertz CT molecular complexity index is 1340. The molecule has 33 heavy (non-hydrogen) atoms. The van der Waals surface area contributed by atoms with Crippen molar-refractivity contribution in [2.24, 2.45) is 7.05 Å². The summed E-state index contributed by atoms with van der Waals surface area (Å²) in [5.41, 5.74) is 0.244. The Kier molecular flexibility index (Phi) is 5.81. The highest BCUT2D eigenvalue weighted by Crippen LogP contribution is 2.38. The summed E-state index contributed by atoms with van der Waals surface area (Å²) in [5.74, 6) is -1.07. The number of aryl methyl sites for hydroxylation is 1. The summed E-state index contributed by atoms with van der Waals surface area (Å²) in [4.78, 5) is 19.1. The van der Waals surface area contributed by atoms with E-state index >= 15 is 0 Å². The minimum atomic E-state index is -0.757. The lowest BCUT2D eigenvalue weighted by Gasteiger charge is -2.16. The van der Waals surface area contributed by atoms with Crippen molar-refractivity contribution in [2.75, 3.05) is 17.7 Å². The summed E-state index contributed by atoms with van der Waals surface area (Å²) in [6, 6.07) is 7.28. The van der Waals surface area contributed by atoms with Crippen LogP contribution in [0.15, 0.2) is 55.0 Å². The van der Waals surface area contributed by atoms with Gasteiger partial charge in [0.1, 0.15) is 23.2 Å². The number of hydrogen-bond acceptors (Lipinski definition) is 8. The van der Waals surface area contributed by atoms with Gasteiger partial charge in [0.25, 0.3) is 5.69 Å². The van der Waals surface area contributed by atoms with Gasteiger partial charge in [-0.1, -0.05) is 6.07 Å². The number of non-ortho nitro benzene ring substituents is 1. The first kappa shape index (κ1) is 21.6. The summed E-state index contributed by atoms with van der Waals surface area (Å²) >= 11 is 0. The van der Waals surface area contributed by atoms with Gasteiger partial charge in [0.15, 0.2) is 0 Å². The number of methoxy groups -OCH3 is 1. The molecule has 0 unspecified atom stereocenters. The Morgan fingerprint density at radius 3 is 2.64 bits per heavy atom. The van der Waals surface area contributed by atoms with E-state index in [1.807, 2.05) is 0 Å². The third-order valence-corrected chi connectivity index (χ3v) is 4.63. The van der Waals surface area contributed by atoms with E-state index < -0.39 is 16.6 Å². The Labute approximate surface area is 186 Å². The van der Waals surface area contributed by atoms with Crippen LogP contribution < -0.4 is 15.4 Å². The highest BCUT2D eigenvalue weighted by Gasteiger charge is 2.20. The first-order chi connectivity index (χ1) is 15.9. The van der Waals surface area contributed by atoms with Crippen LogP contribution in [0.3, 0.4) is 0 Å². The van der Waals surface area contributed by atoms with Gasteiger partial charge in [-0.05, 0) is 18.2 Å². The molecule has 0 saturated carbocycles. The number of aromatic nitrogens is 4. The van der Waals surface area contributed by atoms with Gasteiger partial charge in [0, 0.05) is 37.1 Å². The van der Waals surface area contributed by atoms with E-state index in [-0.39, 0.29) is 40.0 Å². The molecule has 12 heteroatoms. The van der Waals surface area contributed by atoms with Gasteiger partial charge in [-0.15, -0.1) is 0 Å². The number of benzene rings is 2. The normalized spacial score (nSPS) is 10.7. The summed E-state index contributed by atoms with van der Waals surface area (Å²) < 4.78 is 36.1.